The Hall–Kier alpha value is -2.02. The van der Waals surface area contributed by atoms with Crippen molar-refractivity contribution in [2.75, 3.05) is 10.5 Å². The fraction of sp³-hybridized carbons (Fsp3) is 0.182. The van der Waals surface area contributed by atoms with Crippen LogP contribution in [0.15, 0.2) is 29.3 Å². The van der Waals surface area contributed by atoms with Crippen molar-refractivity contribution >= 4 is 21.5 Å². The first kappa shape index (κ1) is 12.4. The van der Waals surface area contributed by atoms with E-state index >= 15 is 0 Å². The number of nitrogen functional groups attached to an aromatic ring is 1. The number of aromatic amines is 1. The van der Waals surface area contributed by atoms with Crippen LogP contribution >= 0.6 is 0 Å². The molecule has 96 valence electrons. The van der Waals surface area contributed by atoms with E-state index in [0.29, 0.717) is 11.4 Å². The topological polar surface area (TPSA) is 101 Å². The second-order valence-electron chi connectivity index (χ2n) is 4.07. The van der Waals surface area contributed by atoms with Crippen molar-refractivity contribution in [1.29, 1.82) is 0 Å². The number of H-pyrrole nitrogens is 1. The van der Waals surface area contributed by atoms with Gasteiger partial charge in [0.25, 0.3) is 10.0 Å². The molecule has 6 nitrogen and oxygen atoms in total. The van der Waals surface area contributed by atoms with Crippen molar-refractivity contribution in [2.45, 2.75) is 18.7 Å². The molecule has 2 aromatic rings. The van der Waals surface area contributed by atoms with Gasteiger partial charge in [0.2, 0.25) is 0 Å². The second kappa shape index (κ2) is 4.34. The van der Waals surface area contributed by atoms with E-state index in [0.717, 1.165) is 5.56 Å². The number of aromatic nitrogens is 2. The molecule has 0 aliphatic rings. The highest BCUT2D eigenvalue weighted by atomic mass is 32.2. The number of aryl methyl sites for hydroxylation is 2. The van der Waals surface area contributed by atoms with Gasteiger partial charge >= 0.3 is 0 Å². The van der Waals surface area contributed by atoms with Crippen molar-refractivity contribution in [3.8, 4) is 0 Å². The molecule has 0 bridgehead atoms. The monoisotopic (exact) mass is 266 g/mol. The molecule has 0 aliphatic carbocycles. The summed E-state index contributed by atoms with van der Waals surface area (Å²) in [6.07, 6.45) is 1.54. The average Bonchev–Trinajstić information content (AvgIpc) is 2.63. The van der Waals surface area contributed by atoms with Gasteiger partial charge in [-0.2, -0.15) is 5.10 Å². The summed E-state index contributed by atoms with van der Waals surface area (Å²) < 4.78 is 26.7. The van der Waals surface area contributed by atoms with Crippen LogP contribution < -0.4 is 10.5 Å². The number of sulfonamides is 1. The van der Waals surface area contributed by atoms with E-state index in [1.165, 1.54) is 12.3 Å². The zero-order chi connectivity index (χ0) is 13.3. The van der Waals surface area contributed by atoms with Crippen molar-refractivity contribution < 1.29 is 8.42 Å². The van der Waals surface area contributed by atoms with Gasteiger partial charge in [-0.15, -0.1) is 0 Å². The molecular formula is C11H14N4O2S. The van der Waals surface area contributed by atoms with Gasteiger partial charge in [0, 0.05) is 5.56 Å². The predicted molar refractivity (Wildman–Crippen MR) is 69.7 cm³/mol. The van der Waals surface area contributed by atoms with Crippen molar-refractivity contribution in [3.63, 3.8) is 0 Å². The van der Waals surface area contributed by atoms with Gasteiger partial charge < -0.3 is 5.73 Å². The number of hydrogen-bond acceptors (Lipinski definition) is 4. The first-order valence-electron chi connectivity index (χ1n) is 5.29. The summed E-state index contributed by atoms with van der Waals surface area (Å²) in [6, 6.07) is 4.80. The van der Waals surface area contributed by atoms with E-state index in [-0.39, 0.29) is 10.6 Å². The molecule has 0 unspecified atom stereocenters. The summed E-state index contributed by atoms with van der Waals surface area (Å²) in [4.78, 5) is 0.0575. The second-order valence-corrected chi connectivity index (χ2v) is 5.73. The Morgan fingerprint density at radius 1 is 1.33 bits per heavy atom. The van der Waals surface area contributed by atoms with Crippen LogP contribution in [-0.4, -0.2) is 18.6 Å². The van der Waals surface area contributed by atoms with Crippen LogP contribution in [0.2, 0.25) is 0 Å². The zero-order valence-corrected chi connectivity index (χ0v) is 10.9. The van der Waals surface area contributed by atoms with Crippen LogP contribution in [0.4, 0.5) is 11.5 Å². The summed E-state index contributed by atoms with van der Waals surface area (Å²) in [6.45, 7) is 3.60. The van der Waals surface area contributed by atoms with Gasteiger partial charge in [-0.25, -0.2) is 8.42 Å². The number of nitrogens with zero attached hydrogens (tertiary/aromatic N) is 1. The molecule has 0 fully saturated rings. The summed E-state index contributed by atoms with van der Waals surface area (Å²) >= 11 is 0. The average molecular weight is 266 g/mol. The Morgan fingerprint density at radius 2 is 2.06 bits per heavy atom. The molecule has 1 aromatic carbocycles. The van der Waals surface area contributed by atoms with Gasteiger partial charge in [-0.1, -0.05) is 6.07 Å². The fourth-order valence-electron chi connectivity index (χ4n) is 1.55. The lowest BCUT2D eigenvalue weighted by molar-refractivity contribution is 0.601. The van der Waals surface area contributed by atoms with Crippen LogP contribution in [-0.2, 0) is 10.0 Å². The van der Waals surface area contributed by atoms with Gasteiger partial charge in [0.05, 0.1) is 11.9 Å². The molecule has 0 saturated carbocycles. The number of rotatable bonds is 3. The molecule has 0 aliphatic heterocycles. The molecule has 1 aromatic heterocycles. The first-order valence-corrected chi connectivity index (χ1v) is 6.77. The van der Waals surface area contributed by atoms with Crippen LogP contribution in [0.25, 0.3) is 0 Å². The normalized spacial score (nSPS) is 11.4. The highest BCUT2D eigenvalue weighted by molar-refractivity contribution is 7.92. The Balaban J connectivity index is 2.40. The molecule has 2 rings (SSSR count). The molecule has 1 heterocycles. The van der Waals surface area contributed by atoms with Crippen LogP contribution in [0.5, 0.6) is 0 Å². The molecule has 7 heteroatoms. The SMILES string of the molecule is Cc1ccc(S(=O)(=O)Nc2[nH]ncc2C)c(N)c1. The highest BCUT2D eigenvalue weighted by Gasteiger charge is 2.18. The molecule has 0 amide bonds. The predicted octanol–water partition coefficient (Wildman–Crippen LogP) is 1.41. The van der Waals surface area contributed by atoms with E-state index in [1.807, 2.05) is 6.92 Å². The van der Waals surface area contributed by atoms with Crippen LogP contribution in [0.3, 0.4) is 0 Å². The first-order chi connectivity index (χ1) is 8.40. The van der Waals surface area contributed by atoms with Crippen LogP contribution in [0, 0.1) is 13.8 Å². The molecule has 0 atom stereocenters. The Morgan fingerprint density at radius 3 is 2.61 bits per heavy atom. The quantitative estimate of drug-likeness (QED) is 0.731. The van der Waals surface area contributed by atoms with E-state index in [9.17, 15) is 8.42 Å². The Labute approximate surface area is 105 Å². The fourth-order valence-corrected chi connectivity index (χ4v) is 2.75. The minimum atomic E-state index is -3.70. The highest BCUT2D eigenvalue weighted by Crippen LogP contribution is 2.22. The van der Waals surface area contributed by atoms with Gasteiger partial charge in [0.15, 0.2) is 0 Å². The minimum Gasteiger partial charge on any atom is -0.398 e. The van der Waals surface area contributed by atoms with Crippen molar-refractivity contribution in [3.05, 3.63) is 35.5 Å². The lowest BCUT2D eigenvalue weighted by Crippen LogP contribution is -2.15. The summed E-state index contributed by atoms with van der Waals surface area (Å²) in [5, 5.41) is 6.33. The third kappa shape index (κ3) is 2.30. The Bertz CT molecular complexity index is 676. The number of anilines is 2. The van der Waals surface area contributed by atoms with E-state index in [4.69, 9.17) is 5.73 Å². The summed E-state index contributed by atoms with van der Waals surface area (Å²) in [5.74, 6) is 0.343. The molecule has 0 spiro atoms. The van der Waals surface area contributed by atoms with Gasteiger partial charge in [-0.05, 0) is 31.5 Å². The number of hydrogen-bond donors (Lipinski definition) is 3. The smallest absolute Gasteiger partial charge is 0.265 e. The molecule has 4 N–H and O–H groups in total. The molecular weight excluding hydrogens is 252 g/mol. The maximum Gasteiger partial charge on any atom is 0.265 e. The minimum absolute atomic E-state index is 0.0575. The Kier molecular flexibility index (Phi) is 3.00. The molecule has 0 radical (unpaired) electrons. The van der Waals surface area contributed by atoms with E-state index in [2.05, 4.69) is 14.9 Å². The zero-order valence-electron chi connectivity index (χ0n) is 10.1. The summed E-state index contributed by atoms with van der Waals surface area (Å²) in [5.41, 5.74) is 7.57. The van der Waals surface area contributed by atoms with Gasteiger partial charge in [0.1, 0.15) is 10.7 Å². The van der Waals surface area contributed by atoms with Crippen LogP contribution in [0.1, 0.15) is 11.1 Å². The number of nitrogens with two attached hydrogens (primary N) is 1. The lowest BCUT2D eigenvalue weighted by Gasteiger charge is -2.09. The standard InChI is InChI=1S/C11H14N4O2S/c1-7-3-4-10(9(12)5-7)18(16,17)15-11-8(2)6-13-14-11/h3-6H,12H2,1-2H3,(H2,13,14,15). The maximum atomic E-state index is 12.1. The lowest BCUT2D eigenvalue weighted by atomic mass is 10.2. The third-order valence-corrected chi connectivity index (χ3v) is 3.94. The third-order valence-electron chi connectivity index (χ3n) is 2.52. The van der Waals surface area contributed by atoms with Crippen molar-refractivity contribution in [1.82, 2.24) is 10.2 Å². The van der Waals surface area contributed by atoms with E-state index < -0.39 is 10.0 Å². The molecule has 0 saturated heterocycles. The van der Waals surface area contributed by atoms with E-state index in [1.54, 1.807) is 19.1 Å². The number of benzene rings is 1. The van der Waals surface area contributed by atoms with Crippen molar-refractivity contribution in [2.24, 2.45) is 0 Å². The maximum absolute atomic E-state index is 12.1. The molecule has 18 heavy (non-hydrogen) atoms. The number of nitrogens with one attached hydrogen (secondary N) is 2. The largest absolute Gasteiger partial charge is 0.398 e. The van der Waals surface area contributed by atoms with Gasteiger partial charge in [-0.3, -0.25) is 9.82 Å². The summed E-state index contributed by atoms with van der Waals surface area (Å²) in [7, 11) is -3.70.